The van der Waals surface area contributed by atoms with Gasteiger partial charge in [0, 0.05) is 20.0 Å². The van der Waals surface area contributed by atoms with Crippen LogP contribution >= 0.6 is 38.5 Å². The number of benzene rings is 1. The van der Waals surface area contributed by atoms with Crippen molar-refractivity contribution >= 4 is 44.3 Å². The smallest absolute Gasteiger partial charge is 0.164 e. The van der Waals surface area contributed by atoms with Gasteiger partial charge in [-0.25, -0.2) is 0 Å². The zero-order valence-electron chi connectivity index (χ0n) is 10.2. The molecule has 0 spiro atoms. The fourth-order valence-electron chi connectivity index (χ4n) is 3.69. The highest BCUT2D eigenvalue weighted by molar-refractivity contribution is 14.1. The first-order chi connectivity index (χ1) is 8.63. The van der Waals surface area contributed by atoms with E-state index in [0.29, 0.717) is 11.7 Å². The monoisotopic (exact) mass is 418 g/mol. The van der Waals surface area contributed by atoms with E-state index in [2.05, 4.69) is 38.5 Å². The molecule has 0 heterocycles. The lowest BCUT2D eigenvalue weighted by atomic mass is 9.84. The minimum atomic E-state index is 0.332. The van der Waals surface area contributed by atoms with E-state index < -0.39 is 0 Å². The number of rotatable bonds is 3. The third-order valence-electron chi connectivity index (χ3n) is 4.56. The molecule has 96 valence electrons. The molecule has 0 amide bonds. The summed E-state index contributed by atoms with van der Waals surface area (Å²) in [5.41, 5.74) is 0.896. The van der Waals surface area contributed by atoms with Crippen molar-refractivity contribution in [2.24, 2.45) is 17.8 Å². The molecule has 0 saturated heterocycles. The van der Waals surface area contributed by atoms with E-state index in [9.17, 15) is 4.79 Å². The summed E-state index contributed by atoms with van der Waals surface area (Å²) in [5, 5.41) is 0. The van der Waals surface area contributed by atoms with Crippen LogP contribution in [0.4, 0.5) is 0 Å². The predicted molar refractivity (Wildman–Crippen MR) is 84.7 cm³/mol. The highest BCUT2D eigenvalue weighted by atomic mass is 127. The largest absolute Gasteiger partial charge is 0.294 e. The van der Waals surface area contributed by atoms with Crippen LogP contribution in [0.25, 0.3) is 0 Å². The summed E-state index contributed by atoms with van der Waals surface area (Å²) < 4.78 is 2.07. The molecule has 1 aromatic rings. The SMILES string of the molecule is O=C(CC1CC2CCC1C2)c1cc(Br)ccc1I. The Bertz CT molecular complexity index is 485. The van der Waals surface area contributed by atoms with Crippen LogP contribution < -0.4 is 0 Å². The number of hydrogen-bond donors (Lipinski definition) is 0. The maximum absolute atomic E-state index is 12.4. The molecule has 0 aromatic heterocycles. The summed E-state index contributed by atoms with van der Waals surface area (Å²) in [6, 6.07) is 5.98. The minimum absolute atomic E-state index is 0.332. The second kappa shape index (κ2) is 5.23. The van der Waals surface area contributed by atoms with Crippen LogP contribution in [-0.4, -0.2) is 5.78 Å². The Morgan fingerprint density at radius 1 is 1.33 bits per heavy atom. The van der Waals surface area contributed by atoms with Crippen LogP contribution in [0.2, 0.25) is 0 Å². The molecule has 0 radical (unpaired) electrons. The molecule has 2 aliphatic rings. The van der Waals surface area contributed by atoms with E-state index >= 15 is 0 Å². The minimum Gasteiger partial charge on any atom is -0.294 e. The molecule has 2 aliphatic carbocycles. The third kappa shape index (κ3) is 2.53. The van der Waals surface area contributed by atoms with Crippen molar-refractivity contribution in [2.75, 3.05) is 0 Å². The Kier molecular flexibility index (Phi) is 3.81. The Morgan fingerprint density at radius 2 is 2.17 bits per heavy atom. The number of halogens is 2. The van der Waals surface area contributed by atoms with Gasteiger partial charge in [-0.1, -0.05) is 22.4 Å². The predicted octanol–water partition coefficient (Wildman–Crippen LogP) is 5.06. The standard InChI is InChI=1S/C15H16BrIO/c16-12-3-4-14(17)13(8-12)15(18)7-11-6-9-1-2-10(11)5-9/h3-4,8-11H,1-2,5-7H2. The Morgan fingerprint density at radius 3 is 2.83 bits per heavy atom. The zero-order chi connectivity index (χ0) is 12.7. The number of carbonyl (C=O) groups is 1. The highest BCUT2D eigenvalue weighted by Gasteiger charge is 2.40. The van der Waals surface area contributed by atoms with Crippen LogP contribution in [-0.2, 0) is 0 Å². The van der Waals surface area contributed by atoms with Gasteiger partial charge in [-0.2, -0.15) is 0 Å². The molecule has 0 N–H and O–H groups in total. The van der Waals surface area contributed by atoms with Crippen molar-refractivity contribution in [1.82, 2.24) is 0 Å². The van der Waals surface area contributed by atoms with Crippen molar-refractivity contribution in [1.29, 1.82) is 0 Å². The quantitative estimate of drug-likeness (QED) is 0.495. The summed E-state index contributed by atoms with van der Waals surface area (Å²) in [4.78, 5) is 12.4. The number of ketones is 1. The normalized spacial score (nSPS) is 29.8. The second-order valence-corrected chi connectivity index (χ2v) is 7.76. The molecular formula is C15H16BrIO. The molecule has 1 nitrogen and oxygen atoms in total. The Balaban J connectivity index is 1.73. The third-order valence-corrected chi connectivity index (χ3v) is 5.99. The number of carbonyl (C=O) groups excluding carboxylic acids is 1. The van der Waals surface area contributed by atoms with Gasteiger partial charge < -0.3 is 0 Å². The summed E-state index contributed by atoms with van der Waals surface area (Å²) >= 11 is 5.71. The lowest BCUT2D eigenvalue weighted by molar-refractivity contribution is 0.0943. The second-order valence-electron chi connectivity index (χ2n) is 5.69. The molecule has 2 saturated carbocycles. The fraction of sp³-hybridized carbons (Fsp3) is 0.533. The number of hydrogen-bond acceptors (Lipinski definition) is 1. The number of Topliss-reactive ketones (excluding diaryl/α,β-unsaturated/α-hetero) is 1. The van der Waals surface area contributed by atoms with E-state index in [-0.39, 0.29) is 0 Å². The van der Waals surface area contributed by atoms with E-state index in [1.165, 1.54) is 25.7 Å². The molecule has 3 unspecified atom stereocenters. The molecule has 3 rings (SSSR count). The molecular weight excluding hydrogens is 403 g/mol. The van der Waals surface area contributed by atoms with E-state index in [1.807, 2.05) is 18.2 Å². The molecule has 0 aliphatic heterocycles. The van der Waals surface area contributed by atoms with Crippen molar-refractivity contribution in [3.63, 3.8) is 0 Å². The van der Waals surface area contributed by atoms with Crippen LogP contribution in [0, 0.1) is 21.3 Å². The lowest BCUT2D eigenvalue weighted by Crippen LogP contribution is -2.16. The van der Waals surface area contributed by atoms with Crippen molar-refractivity contribution in [3.05, 3.63) is 31.8 Å². The summed E-state index contributed by atoms with van der Waals surface area (Å²) in [7, 11) is 0. The molecule has 2 fully saturated rings. The van der Waals surface area contributed by atoms with Gasteiger partial charge in [-0.05, 0) is 77.8 Å². The van der Waals surface area contributed by atoms with Gasteiger partial charge in [0.05, 0.1) is 0 Å². The summed E-state index contributed by atoms with van der Waals surface area (Å²) in [6.45, 7) is 0. The Hall–Kier alpha value is 0.1000. The van der Waals surface area contributed by atoms with Crippen molar-refractivity contribution in [2.45, 2.75) is 32.1 Å². The molecule has 3 atom stereocenters. The van der Waals surface area contributed by atoms with Crippen LogP contribution in [0.5, 0.6) is 0 Å². The molecule has 1 aromatic carbocycles. The molecule has 2 bridgehead atoms. The average Bonchev–Trinajstić information content (AvgIpc) is 2.94. The van der Waals surface area contributed by atoms with Gasteiger partial charge in [0.2, 0.25) is 0 Å². The summed E-state index contributed by atoms with van der Waals surface area (Å²) in [6.07, 6.45) is 6.20. The first-order valence-corrected chi connectivity index (χ1v) is 8.49. The topological polar surface area (TPSA) is 17.1 Å². The van der Waals surface area contributed by atoms with Gasteiger partial charge in [0.25, 0.3) is 0 Å². The fourth-order valence-corrected chi connectivity index (χ4v) is 4.68. The Labute approximate surface area is 130 Å². The van der Waals surface area contributed by atoms with Gasteiger partial charge in [-0.3, -0.25) is 4.79 Å². The van der Waals surface area contributed by atoms with Crippen molar-refractivity contribution < 1.29 is 4.79 Å². The van der Waals surface area contributed by atoms with E-state index in [4.69, 9.17) is 0 Å². The molecule has 3 heteroatoms. The summed E-state index contributed by atoms with van der Waals surface area (Å²) in [5.74, 6) is 2.75. The van der Waals surface area contributed by atoms with Gasteiger partial charge >= 0.3 is 0 Å². The van der Waals surface area contributed by atoms with E-state index in [0.717, 1.165) is 31.9 Å². The van der Waals surface area contributed by atoms with Crippen molar-refractivity contribution in [3.8, 4) is 0 Å². The first-order valence-electron chi connectivity index (χ1n) is 6.61. The van der Waals surface area contributed by atoms with E-state index in [1.54, 1.807) is 0 Å². The van der Waals surface area contributed by atoms with Gasteiger partial charge in [-0.15, -0.1) is 0 Å². The maximum Gasteiger partial charge on any atom is 0.164 e. The van der Waals surface area contributed by atoms with Gasteiger partial charge in [0.1, 0.15) is 0 Å². The van der Waals surface area contributed by atoms with Crippen LogP contribution in [0.1, 0.15) is 42.5 Å². The maximum atomic E-state index is 12.4. The van der Waals surface area contributed by atoms with Crippen LogP contribution in [0.3, 0.4) is 0 Å². The highest BCUT2D eigenvalue weighted by Crippen LogP contribution is 2.49. The number of fused-ring (bicyclic) bond motifs is 2. The zero-order valence-corrected chi connectivity index (χ0v) is 13.9. The van der Waals surface area contributed by atoms with Crippen LogP contribution in [0.15, 0.2) is 22.7 Å². The lowest BCUT2D eigenvalue weighted by Gasteiger charge is -2.21. The molecule has 18 heavy (non-hydrogen) atoms. The first kappa shape index (κ1) is 13.1. The van der Waals surface area contributed by atoms with Gasteiger partial charge in [0.15, 0.2) is 5.78 Å². The average molecular weight is 419 g/mol.